The summed E-state index contributed by atoms with van der Waals surface area (Å²) in [6.45, 7) is 7.53. The molecule has 0 unspecified atom stereocenters. The monoisotopic (exact) mass is 313 g/mol. The van der Waals surface area contributed by atoms with Crippen LogP contribution in [0.15, 0.2) is 35.1 Å². The third-order valence-electron chi connectivity index (χ3n) is 4.18. The summed E-state index contributed by atoms with van der Waals surface area (Å²) >= 11 is 0. The third kappa shape index (κ3) is 3.47. The standard InChI is InChI=1S/C17H23N5O/c1-12(2)15-11-16(23)20-17(19-15)22-9-7-21(8-10-22)14-5-3-13(18)4-6-14/h3-6,11-12H,7-10,18H2,1-2H3,(H,19,20,23). The molecule has 1 aliphatic heterocycles. The van der Waals surface area contributed by atoms with Crippen LogP contribution in [0.3, 0.4) is 0 Å². The molecule has 0 bridgehead atoms. The first-order valence-electron chi connectivity index (χ1n) is 7.99. The Morgan fingerprint density at radius 1 is 1.09 bits per heavy atom. The number of nitrogens with zero attached hydrogens (tertiary/aromatic N) is 3. The van der Waals surface area contributed by atoms with Crippen LogP contribution >= 0.6 is 0 Å². The van der Waals surface area contributed by atoms with Crippen LogP contribution < -0.4 is 21.1 Å². The van der Waals surface area contributed by atoms with Gasteiger partial charge in [0.2, 0.25) is 5.95 Å². The average molecular weight is 313 g/mol. The molecule has 1 aromatic heterocycles. The first-order chi connectivity index (χ1) is 11.0. The molecule has 23 heavy (non-hydrogen) atoms. The van der Waals surface area contributed by atoms with E-state index in [9.17, 15) is 4.79 Å². The molecule has 3 rings (SSSR count). The Labute approximate surface area is 135 Å². The lowest BCUT2D eigenvalue weighted by molar-refractivity contribution is 0.635. The van der Waals surface area contributed by atoms with Gasteiger partial charge in [-0.05, 0) is 30.2 Å². The van der Waals surface area contributed by atoms with E-state index < -0.39 is 0 Å². The van der Waals surface area contributed by atoms with Crippen LogP contribution in [0.2, 0.25) is 0 Å². The van der Waals surface area contributed by atoms with E-state index in [1.807, 2.05) is 38.1 Å². The second-order valence-electron chi connectivity index (χ2n) is 6.21. The molecule has 0 saturated carbocycles. The van der Waals surface area contributed by atoms with Crippen molar-refractivity contribution < 1.29 is 0 Å². The van der Waals surface area contributed by atoms with Crippen LogP contribution in [0.5, 0.6) is 0 Å². The Kier molecular flexibility index (Phi) is 4.23. The molecule has 6 nitrogen and oxygen atoms in total. The van der Waals surface area contributed by atoms with Crippen LogP contribution in [0.25, 0.3) is 0 Å². The van der Waals surface area contributed by atoms with Crippen molar-refractivity contribution in [2.24, 2.45) is 0 Å². The zero-order valence-electron chi connectivity index (χ0n) is 13.6. The number of hydrogen-bond donors (Lipinski definition) is 2. The number of aromatic nitrogens is 2. The van der Waals surface area contributed by atoms with Crippen LogP contribution in [0.1, 0.15) is 25.5 Å². The molecule has 6 heteroatoms. The van der Waals surface area contributed by atoms with Gasteiger partial charge in [-0.2, -0.15) is 0 Å². The van der Waals surface area contributed by atoms with Gasteiger partial charge in [-0.25, -0.2) is 4.98 Å². The fourth-order valence-electron chi connectivity index (χ4n) is 2.77. The largest absolute Gasteiger partial charge is 0.399 e. The van der Waals surface area contributed by atoms with Crippen molar-refractivity contribution in [2.45, 2.75) is 19.8 Å². The van der Waals surface area contributed by atoms with Crippen LogP contribution in [0, 0.1) is 0 Å². The second-order valence-corrected chi connectivity index (χ2v) is 6.21. The molecule has 3 N–H and O–H groups in total. The molecule has 122 valence electrons. The summed E-state index contributed by atoms with van der Waals surface area (Å²) in [5.74, 6) is 0.922. The summed E-state index contributed by atoms with van der Waals surface area (Å²) in [5.41, 5.74) is 8.45. The number of piperazine rings is 1. The number of nitrogens with one attached hydrogen (secondary N) is 1. The van der Waals surface area contributed by atoms with Crippen LogP contribution in [-0.2, 0) is 0 Å². The molecule has 0 spiro atoms. The zero-order chi connectivity index (χ0) is 16.4. The number of rotatable bonds is 3. The van der Waals surface area contributed by atoms with Crippen LogP contribution in [0.4, 0.5) is 17.3 Å². The molecule has 1 saturated heterocycles. The molecule has 1 fully saturated rings. The minimum Gasteiger partial charge on any atom is -0.399 e. The van der Waals surface area contributed by atoms with E-state index in [0.717, 1.165) is 37.6 Å². The maximum absolute atomic E-state index is 11.8. The number of H-pyrrole nitrogens is 1. The van der Waals surface area contributed by atoms with E-state index in [1.165, 1.54) is 5.69 Å². The average Bonchev–Trinajstić information content (AvgIpc) is 2.55. The fourth-order valence-corrected chi connectivity index (χ4v) is 2.77. The van der Waals surface area contributed by atoms with Gasteiger partial charge in [0, 0.05) is 43.6 Å². The maximum Gasteiger partial charge on any atom is 0.252 e. The third-order valence-corrected chi connectivity index (χ3v) is 4.18. The highest BCUT2D eigenvalue weighted by atomic mass is 16.1. The molecule has 0 amide bonds. The van der Waals surface area contributed by atoms with Crippen molar-refractivity contribution in [3.8, 4) is 0 Å². The predicted octanol–water partition coefficient (Wildman–Crippen LogP) is 1.80. The Bertz CT molecular complexity index is 715. The summed E-state index contributed by atoms with van der Waals surface area (Å²) in [6, 6.07) is 9.52. The lowest BCUT2D eigenvalue weighted by Gasteiger charge is -2.36. The van der Waals surface area contributed by atoms with E-state index in [4.69, 9.17) is 5.73 Å². The predicted molar refractivity (Wildman–Crippen MR) is 94.2 cm³/mol. The Balaban J connectivity index is 1.71. The van der Waals surface area contributed by atoms with Gasteiger partial charge >= 0.3 is 0 Å². The minimum atomic E-state index is -0.0836. The Morgan fingerprint density at radius 3 is 2.30 bits per heavy atom. The van der Waals surface area contributed by atoms with Crippen molar-refractivity contribution in [3.63, 3.8) is 0 Å². The highest BCUT2D eigenvalue weighted by Crippen LogP contribution is 2.20. The molecule has 1 aromatic carbocycles. The zero-order valence-corrected chi connectivity index (χ0v) is 13.6. The molecule has 2 aromatic rings. The number of aromatic amines is 1. The summed E-state index contributed by atoms with van der Waals surface area (Å²) in [5, 5.41) is 0. The van der Waals surface area contributed by atoms with E-state index in [1.54, 1.807) is 6.07 Å². The molecular formula is C17H23N5O. The van der Waals surface area contributed by atoms with E-state index in [-0.39, 0.29) is 11.5 Å². The summed E-state index contributed by atoms with van der Waals surface area (Å²) in [7, 11) is 0. The van der Waals surface area contributed by atoms with Gasteiger partial charge in [0.25, 0.3) is 5.56 Å². The molecule has 2 heterocycles. The fraction of sp³-hybridized carbons (Fsp3) is 0.412. The van der Waals surface area contributed by atoms with Crippen molar-refractivity contribution in [2.75, 3.05) is 41.7 Å². The van der Waals surface area contributed by atoms with Gasteiger partial charge in [0.15, 0.2) is 0 Å². The number of anilines is 3. The molecule has 0 atom stereocenters. The Morgan fingerprint density at radius 2 is 1.70 bits per heavy atom. The lowest BCUT2D eigenvalue weighted by atomic mass is 10.1. The van der Waals surface area contributed by atoms with Crippen molar-refractivity contribution in [3.05, 3.63) is 46.4 Å². The lowest BCUT2D eigenvalue weighted by Crippen LogP contribution is -2.47. The number of nitrogen functional groups attached to an aromatic ring is 1. The first kappa shape index (κ1) is 15.4. The quantitative estimate of drug-likeness (QED) is 0.845. The summed E-state index contributed by atoms with van der Waals surface area (Å²) < 4.78 is 0. The highest BCUT2D eigenvalue weighted by molar-refractivity contribution is 5.54. The van der Waals surface area contributed by atoms with Gasteiger partial charge < -0.3 is 15.5 Å². The van der Waals surface area contributed by atoms with Gasteiger partial charge in [-0.15, -0.1) is 0 Å². The highest BCUT2D eigenvalue weighted by Gasteiger charge is 2.19. The molecule has 1 aliphatic rings. The number of nitrogens with two attached hydrogens (primary N) is 1. The molecule has 0 radical (unpaired) electrons. The summed E-state index contributed by atoms with van der Waals surface area (Å²) in [6.07, 6.45) is 0. The van der Waals surface area contributed by atoms with Crippen LogP contribution in [-0.4, -0.2) is 36.1 Å². The van der Waals surface area contributed by atoms with Gasteiger partial charge in [-0.3, -0.25) is 9.78 Å². The van der Waals surface area contributed by atoms with Crippen molar-refractivity contribution in [1.82, 2.24) is 9.97 Å². The first-order valence-corrected chi connectivity index (χ1v) is 7.99. The van der Waals surface area contributed by atoms with E-state index >= 15 is 0 Å². The smallest absolute Gasteiger partial charge is 0.252 e. The minimum absolute atomic E-state index is 0.0836. The Hall–Kier alpha value is -2.50. The molecule has 0 aliphatic carbocycles. The number of benzene rings is 1. The van der Waals surface area contributed by atoms with Gasteiger partial charge in [-0.1, -0.05) is 13.8 Å². The normalized spacial score (nSPS) is 15.3. The second kappa shape index (κ2) is 6.32. The topological polar surface area (TPSA) is 78.2 Å². The van der Waals surface area contributed by atoms with E-state index in [0.29, 0.717) is 5.95 Å². The van der Waals surface area contributed by atoms with Gasteiger partial charge in [0.05, 0.1) is 5.69 Å². The maximum atomic E-state index is 11.8. The number of hydrogen-bond acceptors (Lipinski definition) is 5. The molecular weight excluding hydrogens is 290 g/mol. The van der Waals surface area contributed by atoms with Crippen molar-refractivity contribution >= 4 is 17.3 Å². The van der Waals surface area contributed by atoms with Gasteiger partial charge in [0.1, 0.15) is 0 Å². The summed E-state index contributed by atoms with van der Waals surface area (Å²) in [4.78, 5) is 23.8. The van der Waals surface area contributed by atoms with Crippen molar-refractivity contribution in [1.29, 1.82) is 0 Å². The van der Waals surface area contributed by atoms with E-state index in [2.05, 4.69) is 19.8 Å². The SMILES string of the molecule is CC(C)c1cc(=O)[nH]c(N2CCN(c3ccc(N)cc3)CC2)n1.